The number of ether oxygens (including phenoxy) is 4. The molecule has 2 heterocycles. The van der Waals surface area contributed by atoms with Gasteiger partial charge in [0.05, 0.1) is 30.1 Å². The molecule has 9 N–H and O–H groups in total. The number of fused-ring (bicyclic) bond motifs is 7. The van der Waals surface area contributed by atoms with Crippen molar-refractivity contribution in [3.05, 3.63) is 11.6 Å². The van der Waals surface area contributed by atoms with Crippen LogP contribution in [-0.4, -0.2) is 139 Å². The molecule has 57 heavy (non-hydrogen) atoms. The lowest BCUT2D eigenvalue weighted by molar-refractivity contribution is -0.329. The van der Waals surface area contributed by atoms with Gasteiger partial charge in [0.15, 0.2) is 6.29 Å². The van der Waals surface area contributed by atoms with Crippen molar-refractivity contribution >= 4 is 11.9 Å². The van der Waals surface area contributed by atoms with Crippen LogP contribution in [0.2, 0.25) is 0 Å². The zero-order valence-electron chi connectivity index (χ0n) is 34.1. The maximum atomic E-state index is 14.6. The minimum Gasteiger partial charge on any atom is -0.481 e. The van der Waals surface area contributed by atoms with Crippen LogP contribution >= 0.6 is 0 Å². The average molecular weight is 811 g/mol. The predicted molar refractivity (Wildman–Crippen MR) is 200 cm³/mol. The summed E-state index contributed by atoms with van der Waals surface area (Å²) >= 11 is 0. The van der Waals surface area contributed by atoms with Crippen LogP contribution in [0, 0.1) is 50.2 Å². The van der Waals surface area contributed by atoms with Gasteiger partial charge in [-0.25, -0.2) is 0 Å². The van der Waals surface area contributed by atoms with Gasteiger partial charge in [-0.1, -0.05) is 46.3 Å². The Morgan fingerprint density at radius 2 is 1.30 bits per heavy atom. The van der Waals surface area contributed by atoms with Gasteiger partial charge in [0, 0.05) is 0 Å². The summed E-state index contributed by atoms with van der Waals surface area (Å²) in [5.41, 5.74) is -2.26. The molecule has 2 saturated heterocycles. The molecule has 4 saturated carbocycles. The number of carbonyl (C=O) groups excluding carboxylic acids is 1. The van der Waals surface area contributed by atoms with Crippen LogP contribution in [0.3, 0.4) is 0 Å². The Hall–Kier alpha value is -1.76. The number of aliphatic hydroxyl groups excluding tert-OH is 8. The van der Waals surface area contributed by atoms with E-state index in [1.54, 1.807) is 6.92 Å². The highest BCUT2D eigenvalue weighted by molar-refractivity contribution is 5.79. The number of hydrogen-bond acceptors (Lipinski definition) is 14. The summed E-state index contributed by atoms with van der Waals surface area (Å²) in [5.74, 6) is -1.98. The van der Waals surface area contributed by atoms with Gasteiger partial charge in [0.2, 0.25) is 6.29 Å². The molecule has 2 aliphatic heterocycles. The van der Waals surface area contributed by atoms with Crippen LogP contribution in [-0.2, 0) is 28.5 Å². The van der Waals surface area contributed by atoms with Crippen LogP contribution in [0.5, 0.6) is 0 Å². The van der Waals surface area contributed by atoms with Crippen molar-refractivity contribution in [2.24, 2.45) is 50.2 Å². The van der Waals surface area contributed by atoms with Gasteiger partial charge < -0.3 is 64.9 Å². The van der Waals surface area contributed by atoms with Gasteiger partial charge in [-0.3, -0.25) is 9.59 Å². The van der Waals surface area contributed by atoms with E-state index in [0.29, 0.717) is 44.9 Å². The molecule has 5 aliphatic carbocycles. The van der Waals surface area contributed by atoms with Crippen molar-refractivity contribution in [2.75, 3.05) is 13.2 Å². The third-order valence-corrected chi connectivity index (χ3v) is 17.3. The van der Waals surface area contributed by atoms with Crippen LogP contribution in [0.25, 0.3) is 0 Å². The fraction of sp³-hybridized carbons (Fsp3) is 0.905. The normalized spacial score (nSPS) is 53.3. The molecule has 0 radical (unpaired) electrons. The second-order valence-electron chi connectivity index (χ2n) is 20.4. The monoisotopic (exact) mass is 810 g/mol. The highest BCUT2D eigenvalue weighted by Crippen LogP contribution is 2.76. The zero-order valence-corrected chi connectivity index (χ0v) is 34.1. The molecule has 0 spiro atoms. The maximum Gasteiger partial charge on any atom is 0.315 e. The van der Waals surface area contributed by atoms with Gasteiger partial charge in [-0.2, -0.15) is 0 Å². The van der Waals surface area contributed by atoms with Crippen LogP contribution in [0.15, 0.2) is 11.6 Å². The minimum atomic E-state index is -1.70. The van der Waals surface area contributed by atoms with E-state index in [0.717, 1.165) is 19.3 Å². The van der Waals surface area contributed by atoms with Gasteiger partial charge in [-0.05, 0) is 111 Å². The van der Waals surface area contributed by atoms with E-state index in [2.05, 4.69) is 40.7 Å². The summed E-state index contributed by atoms with van der Waals surface area (Å²) in [6.45, 7) is 11.7. The Morgan fingerprint density at radius 3 is 1.89 bits per heavy atom. The lowest BCUT2D eigenvalue weighted by Crippen LogP contribution is -2.67. The number of carboxylic acids is 1. The molecule has 0 aromatic heterocycles. The van der Waals surface area contributed by atoms with Crippen molar-refractivity contribution in [3.63, 3.8) is 0 Å². The molecular formula is C42H66O15. The van der Waals surface area contributed by atoms with E-state index >= 15 is 0 Å². The van der Waals surface area contributed by atoms with Crippen molar-refractivity contribution in [2.45, 2.75) is 173 Å². The fourth-order valence-electron chi connectivity index (χ4n) is 13.5. The Bertz CT molecular complexity index is 1580. The van der Waals surface area contributed by atoms with E-state index in [1.165, 1.54) is 5.57 Å². The number of carbonyl (C=O) groups is 2. The van der Waals surface area contributed by atoms with Crippen LogP contribution < -0.4 is 0 Å². The molecule has 0 aromatic rings. The largest absolute Gasteiger partial charge is 0.481 e. The molecule has 19 atom stereocenters. The van der Waals surface area contributed by atoms with E-state index in [4.69, 9.17) is 18.9 Å². The summed E-state index contributed by atoms with van der Waals surface area (Å²) in [6, 6.07) is 0. The number of hydrogen-bond donors (Lipinski definition) is 9. The van der Waals surface area contributed by atoms with E-state index < -0.39 is 109 Å². The lowest BCUT2D eigenvalue weighted by Gasteiger charge is -2.71. The summed E-state index contributed by atoms with van der Waals surface area (Å²) in [6.07, 6.45) is -7.58. The SMILES string of the molecule is CC1(C)CCC2(C(=O)OC3OC(CO)C(O)C(O)C3O)CCC3(C)C(=CCC4C5(C)CCC(OC6OC(CO)C(O)C(O)C6O)C(C)(C(=O)O)C5CCC43C)C2C1. The van der Waals surface area contributed by atoms with Crippen LogP contribution in [0.4, 0.5) is 0 Å². The fourth-order valence-corrected chi connectivity index (χ4v) is 13.5. The number of rotatable bonds is 7. The van der Waals surface area contributed by atoms with Crippen LogP contribution in [0.1, 0.15) is 106 Å². The summed E-state index contributed by atoms with van der Waals surface area (Å²) in [4.78, 5) is 28.1. The number of aliphatic hydroxyl groups is 8. The predicted octanol–water partition coefficient (Wildman–Crippen LogP) is 1.38. The lowest BCUT2D eigenvalue weighted by atomic mass is 9.33. The Labute approximate surface area is 334 Å². The smallest absolute Gasteiger partial charge is 0.315 e. The summed E-state index contributed by atoms with van der Waals surface area (Å²) in [5, 5.41) is 93.7. The molecule has 6 fully saturated rings. The first-order valence-electron chi connectivity index (χ1n) is 21.0. The summed E-state index contributed by atoms with van der Waals surface area (Å²) < 4.78 is 23.5. The number of aliphatic carboxylic acids is 1. The second-order valence-corrected chi connectivity index (χ2v) is 20.4. The van der Waals surface area contributed by atoms with Gasteiger partial charge >= 0.3 is 11.9 Å². The average Bonchev–Trinajstić information content (AvgIpc) is 3.16. The number of allylic oxidation sites excluding steroid dienone is 2. The Morgan fingerprint density at radius 1 is 0.719 bits per heavy atom. The molecule has 7 aliphatic rings. The highest BCUT2D eigenvalue weighted by Gasteiger charge is 2.71. The van der Waals surface area contributed by atoms with Crippen molar-refractivity contribution in [1.29, 1.82) is 0 Å². The number of carboxylic acid groups (broad SMARTS) is 1. The van der Waals surface area contributed by atoms with Crippen molar-refractivity contribution < 1.29 is 74.5 Å². The van der Waals surface area contributed by atoms with E-state index in [9.17, 15) is 55.5 Å². The Kier molecular flexibility index (Phi) is 11.2. The summed E-state index contributed by atoms with van der Waals surface area (Å²) in [7, 11) is 0. The zero-order chi connectivity index (χ0) is 41.8. The molecular weight excluding hydrogens is 744 g/mol. The molecule has 0 amide bonds. The standard InChI is InChI=1S/C42H66O15/c1-37(2)13-15-42(36(53)57-34-32(50)30(48)28(46)23(19-44)55-34)16-14-39(4)20(21(42)17-37)7-8-24-38(3)11-10-26(41(6,35(51)52)25(38)9-12-40(24,39)5)56-33-31(49)29(47)27(45)22(18-43)54-33/h7,21-34,43-50H,8-19H2,1-6H3,(H,51,52). The first-order valence-corrected chi connectivity index (χ1v) is 21.0. The first-order chi connectivity index (χ1) is 26.6. The first kappa shape index (κ1) is 43.3. The van der Waals surface area contributed by atoms with Gasteiger partial charge in [0.1, 0.15) is 48.8 Å². The van der Waals surface area contributed by atoms with Crippen molar-refractivity contribution in [3.8, 4) is 0 Å². The number of esters is 1. The van der Waals surface area contributed by atoms with Gasteiger partial charge in [-0.15, -0.1) is 0 Å². The molecule has 0 aromatic carbocycles. The maximum absolute atomic E-state index is 14.6. The molecule has 7 rings (SSSR count). The van der Waals surface area contributed by atoms with E-state index in [1.807, 2.05) is 0 Å². The second kappa shape index (κ2) is 14.7. The highest BCUT2D eigenvalue weighted by atomic mass is 16.7. The third-order valence-electron chi connectivity index (χ3n) is 17.3. The quantitative estimate of drug-likeness (QED) is 0.100. The molecule has 15 heteroatoms. The van der Waals surface area contributed by atoms with Gasteiger partial charge in [0.25, 0.3) is 0 Å². The minimum absolute atomic E-state index is 0.0783. The molecule has 19 unspecified atom stereocenters. The van der Waals surface area contributed by atoms with Crippen molar-refractivity contribution in [1.82, 2.24) is 0 Å². The Balaban J connectivity index is 1.19. The molecule has 15 nitrogen and oxygen atoms in total. The topological polar surface area (TPSA) is 253 Å². The van der Waals surface area contributed by atoms with E-state index in [-0.39, 0.29) is 34.0 Å². The molecule has 324 valence electrons. The third kappa shape index (κ3) is 6.30. The molecule has 0 bridgehead atoms.